The van der Waals surface area contributed by atoms with E-state index in [1.165, 1.54) is 12.1 Å². The van der Waals surface area contributed by atoms with Crippen LogP contribution in [0, 0.1) is 18.3 Å². The molecule has 0 bridgehead atoms. The van der Waals surface area contributed by atoms with E-state index in [1.54, 1.807) is 13.0 Å². The standard InChI is InChI=1S/C10H9NO3/c1-7-6-8(10(12)13)2-3-9(7)14-5-4-11/h2-3,6H,5H2,1H3,(H,12,13). The van der Waals surface area contributed by atoms with Gasteiger partial charge in [0.1, 0.15) is 11.8 Å². The summed E-state index contributed by atoms with van der Waals surface area (Å²) in [5, 5.41) is 17.0. The molecule has 4 nitrogen and oxygen atoms in total. The van der Waals surface area contributed by atoms with Crippen LogP contribution in [0.15, 0.2) is 18.2 Å². The van der Waals surface area contributed by atoms with E-state index in [0.29, 0.717) is 11.3 Å². The molecule has 72 valence electrons. The normalized spacial score (nSPS) is 9.14. The Balaban J connectivity index is 2.91. The Morgan fingerprint density at radius 2 is 2.36 bits per heavy atom. The molecule has 0 aliphatic carbocycles. The molecule has 0 saturated heterocycles. The van der Waals surface area contributed by atoms with Crippen LogP contribution in [0.25, 0.3) is 0 Å². The highest BCUT2D eigenvalue weighted by Crippen LogP contribution is 2.18. The Labute approximate surface area is 81.4 Å². The molecular weight excluding hydrogens is 182 g/mol. The Hall–Kier alpha value is -2.02. The molecule has 0 heterocycles. The second kappa shape index (κ2) is 4.28. The van der Waals surface area contributed by atoms with Gasteiger partial charge in [0, 0.05) is 0 Å². The lowest BCUT2D eigenvalue weighted by Gasteiger charge is -2.05. The number of carbonyl (C=O) groups is 1. The van der Waals surface area contributed by atoms with Crippen molar-refractivity contribution >= 4 is 5.97 Å². The van der Waals surface area contributed by atoms with Crippen LogP contribution in [0.2, 0.25) is 0 Å². The first-order chi connectivity index (χ1) is 6.65. The first-order valence-electron chi connectivity index (χ1n) is 3.99. The zero-order valence-electron chi connectivity index (χ0n) is 7.65. The molecule has 1 aromatic carbocycles. The van der Waals surface area contributed by atoms with Crippen molar-refractivity contribution in [2.24, 2.45) is 0 Å². The van der Waals surface area contributed by atoms with Crippen LogP contribution < -0.4 is 4.74 Å². The van der Waals surface area contributed by atoms with Crippen LogP contribution in [0.1, 0.15) is 15.9 Å². The van der Waals surface area contributed by atoms with E-state index in [2.05, 4.69) is 0 Å². The smallest absolute Gasteiger partial charge is 0.335 e. The van der Waals surface area contributed by atoms with Crippen molar-refractivity contribution in [1.82, 2.24) is 0 Å². The van der Waals surface area contributed by atoms with E-state index in [1.807, 2.05) is 6.07 Å². The van der Waals surface area contributed by atoms with E-state index in [0.717, 1.165) is 0 Å². The zero-order chi connectivity index (χ0) is 10.6. The van der Waals surface area contributed by atoms with E-state index in [-0.39, 0.29) is 12.2 Å². The number of hydrogen-bond donors (Lipinski definition) is 1. The zero-order valence-corrected chi connectivity index (χ0v) is 7.65. The number of nitrogens with zero attached hydrogens (tertiary/aromatic N) is 1. The number of benzene rings is 1. The average molecular weight is 191 g/mol. The van der Waals surface area contributed by atoms with Gasteiger partial charge in [-0.25, -0.2) is 4.79 Å². The summed E-state index contributed by atoms with van der Waals surface area (Å²) >= 11 is 0. The van der Waals surface area contributed by atoms with Crippen molar-refractivity contribution in [2.75, 3.05) is 6.61 Å². The molecule has 0 amide bonds. The fourth-order valence-corrected chi connectivity index (χ4v) is 1.05. The molecular formula is C10H9NO3. The number of carboxylic acids is 1. The average Bonchev–Trinajstić information content (AvgIpc) is 2.15. The predicted octanol–water partition coefficient (Wildman–Crippen LogP) is 1.60. The van der Waals surface area contributed by atoms with Gasteiger partial charge in [-0.2, -0.15) is 5.26 Å². The van der Waals surface area contributed by atoms with Crippen molar-refractivity contribution in [2.45, 2.75) is 6.92 Å². The van der Waals surface area contributed by atoms with Crippen LogP contribution in [0.3, 0.4) is 0 Å². The fraction of sp³-hybridized carbons (Fsp3) is 0.200. The third-order valence-electron chi connectivity index (χ3n) is 1.71. The van der Waals surface area contributed by atoms with Crippen molar-refractivity contribution in [1.29, 1.82) is 5.26 Å². The molecule has 0 saturated carbocycles. The van der Waals surface area contributed by atoms with Crippen LogP contribution in [0.4, 0.5) is 0 Å². The Bertz CT molecular complexity index is 393. The third kappa shape index (κ3) is 2.23. The first-order valence-corrected chi connectivity index (χ1v) is 3.99. The highest BCUT2D eigenvalue weighted by molar-refractivity contribution is 5.88. The molecule has 0 atom stereocenters. The summed E-state index contributed by atoms with van der Waals surface area (Å²) in [4.78, 5) is 10.6. The second-order valence-electron chi connectivity index (χ2n) is 2.73. The summed E-state index contributed by atoms with van der Waals surface area (Å²) in [6.45, 7) is 1.70. The molecule has 0 unspecified atom stereocenters. The van der Waals surface area contributed by atoms with E-state index in [9.17, 15) is 4.79 Å². The van der Waals surface area contributed by atoms with E-state index < -0.39 is 5.97 Å². The van der Waals surface area contributed by atoms with Crippen molar-refractivity contribution in [3.63, 3.8) is 0 Å². The number of rotatable bonds is 3. The third-order valence-corrected chi connectivity index (χ3v) is 1.71. The van der Waals surface area contributed by atoms with Crippen LogP contribution in [0.5, 0.6) is 5.75 Å². The second-order valence-corrected chi connectivity index (χ2v) is 2.73. The number of ether oxygens (including phenoxy) is 1. The van der Waals surface area contributed by atoms with Crippen LogP contribution >= 0.6 is 0 Å². The highest BCUT2D eigenvalue weighted by atomic mass is 16.5. The fourth-order valence-electron chi connectivity index (χ4n) is 1.05. The van der Waals surface area contributed by atoms with Crippen LogP contribution in [-0.2, 0) is 0 Å². The van der Waals surface area contributed by atoms with Gasteiger partial charge in [0.05, 0.1) is 5.56 Å². The van der Waals surface area contributed by atoms with E-state index >= 15 is 0 Å². The van der Waals surface area contributed by atoms with Crippen LogP contribution in [-0.4, -0.2) is 17.7 Å². The topological polar surface area (TPSA) is 70.3 Å². The molecule has 0 spiro atoms. The number of nitriles is 1. The van der Waals surface area contributed by atoms with Gasteiger partial charge in [-0.3, -0.25) is 0 Å². The quantitative estimate of drug-likeness (QED) is 0.787. The molecule has 1 aromatic rings. The summed E-state index contributed by atoms with van der Waals surface area (Å²) in [5.74, 6) is -0.434. The SMILES string of the molecule is Cc1cc(C(=O)O)ccc1OCC#N. The van der Waals surface area contributed by atoms with Gasteiger partial charge in [0.2, 0.25) is 0 Å². The Morgan fingerprint density at radius 1 is 1.64 bits per heavy atom. The molecule has 0 radical (unpaired) electrons. The summed E-state index contributed by atoms with van der Waals surface area (Å²) in [7, 11) is 0. The van der Waals surface area contributed by atoms with Crippen molar-refractivity contribution in [3.05, 3.63) is 29.3 Å². The van der Waals surface area contributed by atoms with Gasteiger partial charge in [0.25, 0.3) is 0 Å². The maximum absolute atomic E-state index is 10.6. The van der Waals surface area contributed by atoms with Gasteiger partial charge in [0.15, 0.2) is 6.61 Å². The maximum Gasteiger partial charge on any atom is 0.335 e. The molecule has 1 N–H and O–H groups in total. The molecule has 4 heteroatoms. The highest BCUT2D eigenvalue weighted by Gasteiger charge is 2.05. The first kappa shape index (κ1) is 10.1. The number of carboxylic acid groups (broad SMARTS) is 1. The number of hydrogen-bond acceptors (Lipinski definition) is 3. The van der Waals surface area contributed by atoms with Gasteiger partial charge in [-0.05, 0) is 30.7 Å². The summed E-state index contributed by atoms with van der Waals surface area (Å²) in [5.41, 5.74) is 0.923. The molecule has 0 aromatic heterocycles. The molecule has 0 fully saturated rings. The molecule has 1 rings (SSSR count). The summed E-state index contributed by atoms with van der Waals surface area (Å²) in [6, 6.07) is 6.35. The Kier molecular flexibility index (Phi) is 3.08. The monoisotopic (exact) mass is 191 g/mol. The van der Waals surface area contributed by atoms with Gasteiger partial charge < -0.3 is 9.84 Å². The molecule has 14 heavy (non-hydrogen) atoms. The van der Waals surface area contributed by atoms with Crippen molar-refractivity contribution < 1.29 is 14.6 Å². The minimum atomic E-state index is -0.972. The molecule has 0 aliphatic heterocycles. The minimum Gasteiger partial charge on any atom is -0.478 e. The lowest BCUT2D eigenvalue weighted by Crippen LogP contribution is -1.99. The lowest BCUT2D eigenvalue weighted by molar-refractivity contribution is 0.0696. The Morgan fingerprint density at radius 3 is 2.86 bits per heavy atom. The largest absolute Gasteiger partial charge is 0.478 e. The van der Waals surface area contributed by atoms with Gasteiger partial charge >= 0.3 is 5.97 Å². The van der Waals surface area contributed by atoms with E-state index in [4.69, 9.17) is 15.1 Å². The maximum atomic E-state index is 10.6. The lowest BCUT2D eigenvalue weighted by atomic mass is 10.1. The molecule has 0 aliphatic rings. The van der Waals surface area contributed by atoms with Gasteiger partial charge in [-0.15, -0.1) is 0 Å². The van der Waals surface area contributed by atoms with Crippen molar-refractivity contribution in [3.8, 4) is 11.8 Å². The minimum absolute atomic E-state index is 0.0345. The predicted molar refractivity (Wildman–Crippen MR) is 49.2 cm³/mol. The summed E-state index contributed by atoms with van der Waals surface area (Å²) in [6.07, 6.45) is 0. The number of aromatic carboxylic acids is 1. The van der Waals surface area contributed by atoms with Gasteiger partial charge in [-0.1, -0.05) is 0 Å². The summed E-state index contributed by atoms with van der Waals surface area (Å²) < 4.78 is 5.07. The number of aryl methyl sites for hydroxylation is 1.